The number of ketones is 1. The number of hydrogen-bond acceptors (Lipinski definition) is 3. The van der Waals surface area contributed by atoms with Crippen molar-refractivity contribution in [1.29, 1.82) is 0 Å². The van der Waals surface area contributed by atoms with Crippen molar-refractivity contribution in [2.75, 3.05) is 32.1 Å². The average Bonchev–Trinajstić information content (AvgIpc) is 2.38. The van der Waals surface area contributed by atoms with E-state index in [1.165, 1.54) is 12.8 Å². The summed E-state index contributed by atoms with van der Waals surface area (Å²) in [6, 6.07) is 6.41. The molecule has 0 saturated carbocycles. The van der Waals surface area contributed by atoms with Crippen LogP contribution in [0.15, 0.2) is 18.2 Å². The summed E-state index contributed by atoms with van der Waals surface area (Å²) in [5.74, 6) is 0.0165. The van der Waals surface area contributed by atoms with Gasteiger partial charge in [-0.2, -0.15) is 0 Å². The van der Waals surface area contributed by atoms with Crippen molar-refractivity contribution >= 4 is 23.1 Å². The van der Waals surface area contributed by atoms with Crippen molar-refractivity contribution < 1.29 is 4.79 Å². The lowest BCUT2D eigenvalue weighted by atomic mass is 10.0. The van der Waals surface area contributed by atoms with Gasteiger partial charge >= 0.3 is 0 Å². The van der Waals surface area contributed by atoms with Crippen molar-refractivity contribution in [3.05, 3.63) is 28.8 Å². The summed E-state index contributed by atoms with van der Waals surface area (Å²) in [5.41, 5.74) is 1.72. The SMILES string of the molecule is CC(=O)c1ccc(N2CCC(N(C)C)CC2)cc1Cl. The zero-order valence-electron chi connectivity index (χ0n) is 11.8. The molecule has 0 unspecified atom stereocenters. The summed E-state index contributed by atoms with van der Waals surface area (Å²) in [6.07, 6.45) is 2.33. The van der Waals surface area contributed by atoms with Crippen LogP contribution in [0.3, 0.4) is 0 Å². The maximum atomic E-state index is 11.4. The molecule has 0 N–H and O–H groups in total. The smallest absolute Gasteiger partial charge is 0.161 e. The Bertz CT molecular complexity index is 465. The second-order valence-electron chi connectivity index (χ2n) is 5.40. The molecule has 104 valence electrons. The Morgan fingerprint density at radius 3 is 2.42 bits per heavy atom. The van der Waals surface area contributed by atoms with E-state index in [-0.39, 0.29) is 5.78 Å². The molecule has 4 heteroatoms. The van der Waals surface area contributed by atoms with Crippen LogP contribution in [0, 0.1) is 0 Å². The number of piperidine rings is 1. The van der Waals surface area contributed by atoms with Crippen LogP contribution in [0.5, 0.6) is 0 Å². The molecule has 1 aromatic carbocycles. The number of nitrogens with zero attached hydrogens (tertiary/aromatic N) is 2. The average molecular weight is 281 g/mol. The van der Waals surface area contributed by atoms with Crippen molar-refractivity contribution in [1.82, 2.24) is 4.90 Å². The second-order valence-corrected chi connectivity index (χ2v) is 5.81. The minimum Gasteiger partial charge on any atom is -0.371 e. The van der Waals surface area contributed by atoms with Crippen molar-refractivity contribution in [2.45, 2.75) is 25.8 Å². The first-order chi connectivity index (χ1) is 8.99. The molecule has 0 aromatic heterocycles. The number of hydrogen-bond donors (Lipinski definition) is 0. The highest BCUT2D eigenvalue weighted by Gasteiger charge is 2.21. The normalized spacial score (nSPS) is 17.0. The zero-order chi connectivity index (χ0) is 14.0. The summed E-state index contributed by atoms with van der Waals surface area (Å²) in [6.45, 7) is 3.63. The third kappa shape index (κ3) is 3.28. The zero-order valence-corrected chi connectivity index (χ0v) is 12.6. The fourth-order valence-electron chi connectivity index (χ4n) is 2.63. The highest BCUT2D eigenvalue weighted by Crippen LogP contribution is 2.27. The molecule has 0 radical (unpaired) electrons. The van der Waals surface area contributed by atoms with Crippen LogP contribution in [-0.2, 0) is 0 Å². The van der Waals surface area contributed by atoms with Crippen molar-refractivity contribution in [3.8, 4) is 0 Å². The van der Waals surface area contributed by atoms with Gasteiger partial charge in [-0.25, -0.2) is 0 Å². The Kier molecular flexibility index (Phi) is 4.48. The standard InChI is InChI=1S/C15H21ClN2O/c1-11(19)14-5-4-13(10-15(14)16)18-8-6-12(7-9-18)17(2)3/h4-5,10,12H,6-9H2,1-3H3. The van der Waals surface area contributed by atoms with Crippen LogP contribution in [-0.4, -0.2) is 43.9 Å². The fraction of sp³-hybridized carbons (Fsp3) is 0.533. The molecule has 1 fully saturated rings. The number of halogens is 1. The van der Waals surface area contributed by atoms with Gasteiger partial charge in [-0.1, -0.05) is 11.6 Å². The van der Waals surface area contributed by atoms with Gasteiger partial charge in [0.15, 0.2) is 5.78 Å². The number of carbonyl (C=O) groups is 1. The van der Waals surface area contributed by atoms with Crippen LogP contribution in [0.2, 0.25) is 5.02 Å². The largest absolute Gasteiger partial charge is 0.371 e. The van der Waals surface area contributed by atoms with E-state index in [0.717, 1.165) is 18.8 Å². The lowest BCUT2D eigenvalue weighted by Gasteiger charge is -2.36. The minimum absolute atomic E-state index is 0.0165. The van der Waals surface area contributed by atoms with E-state index in [0.29, 0.717) is 16.6 Å². The van der Waals surface area contributed by atoms with Crippen LogP contribution < -0.4 is 4.90 Å². The predicted molar refractivity (Wildman–Crippen MR) is 80.4 cm³/mol. The van der Waals surface area contributed by atoms with E-state index in [2.05, 4.69) is 23.9 Å². The molecule has 0 atom stereocenters. The number of carbonyl (C=O) groups excluding carboxylic acids is 1. The van der Waals surface area contributed by atoms with Crippen LogP contribution >= 0.6 is 11.6 Å². The molecule has 2 rings (SSSR count). The topological polar surface area (TPSA) is 23.6 Å². The maximum Gasteiger partial charge on any atom is 0.161 e. The van der Waals surface area contributed by atoms with Gasteiger partial charge in [0.05, 0.1) is 5.02 Å². The van der Waals surface area contributed by atoms with Gasteiger partial charge in [-0.3, -0.25) is 4.79 Å². The first-order valence-electron chi connectivity index (χ1n) is 6.71. The minimum atomic E-state index is 0.0165. The third-order valence-electron chi connectivity index (χ3n) is 3.89. The third-order valence-corrected chi connectivity index (χ3v) is 4.20. The van der Waals surface area contributed by atoms with E-state index in [1.807, 2.05) is 18.2 Å². The Morgan fingerprint density at radius 2 is 1.95 bits per heavy atom. The maximum absolute atomic E-state index is 11.4. The van der Waals surface area contributed by atoms with Gasteiger partial charge in [0, 0.05) is 30.4 Å². The molecule has 1 aromatic rings. The summed E-state index contributed by atoms with van der Waals surface area (Å²) < 4.78 is 0. The monoisotopic (exact) mass is 280 g/mol. The van der Waals surface area contributed by atoms with Crippen LogP contribution in [0.25, 0.3) is 0 Å². The molecule has 0 amide bonds. The number of anilines is 1. The molecule has 3 nitrogen and oxygen atoms in total. The molecule has 1 aliphatic rings. The molecule has 0 bridgehead atoms. The second kappa shape index (κ2) is 5.93. The molecular weight excluding hydrogens is 260 g/mol. The number of Topliss-reactive ketones (excluding diaryl/α,β-unsaturated/α-hetero) is 1. The molecule has 0 spiro atoms. The quantitative estimate of drug-likeness (QED) is 0.795. The van der Waals surface area contributed by atoms with E-state index in [4.69, 9.17) is 11.6 Å². The summed E-state index contributed by atoms with van der Waals surface area (Å²) in [5, 5.41) is 0.555. The highest BCUT2D eigenvalue weighted by atomic mass is 35.5. The highest BCUT2D eigenvalue weighted by molar-refractivity contribution is 6.34. The molecule has 1 aliphatic heterocycles. The summed E-state index contributed by atoms with van der Waals surface area (Å²) in [7, 11) is 4.28. The van der Waals surface area contributed by atoms with E-state index >= 15 is 0 Å². The van der Waals surface area contributed by atoms with Crippen LogP contribution in [0.4, 0.5) is 5.69 Å². The molecular formula is C15H21ClN2O. The van der Waals surface area contributed by atoms with Crippen molar-refractivity contribution in [2.24, 2.45) is 0 Å². The molecule has 0 aliphatic carbocycles. The first-order valence-corrected chi connectivity index (χ1v) is 7.08. The lowest BCUT2D eigenvalue weighted by Crippen LogP contribution is -2.42. The molecule has 1 heterocycles. The predicted octanol–water partition coefficient (Wildman–Crippen LogP) is 3.07. The van der Waals surface area contributed by atoms with Gasteiger partial charge in [0.25, 0.3) is 0 Å². The van der Waals surface area contributed by atoms with E-state index in [1.54, 1.807) is 6.92 Å². The van der Waals surface area contributed by atoms with Gasteiger partial charge in [-0.05, 0) is 52.1 Å². The first kappa shape index (κ1) is 14.4. The Hall–Kier alpha value is -1.06. The van der Waals surface area contributed by atoms with Crippen LogP contribution in [0.1, 0.15) is 30.1 Å². The van der Waals surface area contributed by atoms with Gasteiger partial charge in [0.2, 0.25) is 0 Å². The lowest BCUT2D eigenvalue weighted by molar-refractivity contribution is 0.101. The fourth-order valence-corrected chi connectivity index (χ4v) is 2.93. The Labute approximate surface area is 120 Å². The Morgan fingerprint density at radius 1 is 1.32 bits per heavy atom. The van der Waals surface area contributed by atoms with Gasteiger partial charge in [0.1, 0.15) is 0 Å². The van der Waals surface area contributed by atoms with E-state index in [9.17, 15) is 4.79 Å². The van der Waals surface area contributed by atoms with Gasteiger partial charge in [-0.15, -0.1) is 0 Å². The Balaban J connectivity index is 2.08. The molecule has 1 saturated heterocycles. The molecule has 19 heavy (non-hydrogen) atoms. The van der Waals surface area contributed by atoms with Crippen molar-refractivity contribution in [3.63, 3.8) is 0 Å². The summed E-state index contributed by atoms with van der Waals surface area (Å²) >= 11 is 6.17. The summed E-state index contributed by atoms with van der Waals surface area (Å²) in [4.78, 5) is 16.0. The van der Waals surface area contributed by atoms with Gasteiger partial charge < -0.3 is 9.80 Å². The number of rotatable bonds is 3. The number of benzene rings is 1. The van der Waals surface area contributed by atoms with E-state index < -0.39 is 0 Å².